The Hall–Kier alpha value is -1.68. The van der Waals surface area contributed by atoms with Crippen LogP contribution in [0, 0.1) is 0 Å². The van der Waals surface area contributed by atoms with Crippen LogP contribution < -0.4 is 10.6 Å². The molecule has 0 radical (unpaired) electrons. The highest BCUT2D eigenvalue weighted by Gasteiger charge is 1.97. The van der Waals surface area contributed by atoms with Gasteiger partial charge in [0.05, 0.1) is 0 Å². The molecule has 0 amide bonds. The lowest BCUT2D eigenvalue weighted by atomic mass is 10.3. The molecule has 1 aromatic heterocycles. The molecule has 0 saturated heterocycles. The van der Waals surface area contributed by atoms with E-state index in [1.807, 2.05) is 25.2 Å². The SMILES string of the molecule is CNc1cccc(Nc2ccc(SC)cc2)n1. The fourth-order valence-electron chi connectivity index (χ4n) is 1.47. The molecule has 2 N–H and O–H groups in total. The van der Waals surface area contributed by atoms with Crippen molar-refractivity contribution < 1.29 is 0 Å². The highest BCUT2D eigenvalue weighted by atomic mass is 32.2. The van der Waals surface area contributed by atoms with Crippen LogP contribution >= 0.6 is 11.8 Å². The van der Waals surface area contributed by atoms with Crippen molar-refractivity contribution >= 4 is 29.1 Å². The molecule has 0 unspecified atom stereocenters. The first-order chi connectivity index (χ1) is 8.31. The lowest BCUT2D eigenvalue weighted by Crippen LogP contribution is -1.97. The number of thioether (sulfide) groups is 1. The monoisotopic (exact) mass is 245 g/mol. The van der Waals surface area contributed by atoms with Crippen LogP contribution in [0.5, 0.6) is 0 Å². The Morgan fingerprint density at radius 3 is 2.35 bits per heavy atom. The molecule has 0 aliphatic rings. The third-order valence-electron chi connectivity index (χ3n) is 2.37. The van der Waals surface area contributed by atoms with Crippen molar-refractivity contribution in [3.63, 3.8) is 0 Å². The van der Waals surface area contributed by atoms with Crippen molar-refractivity contribution in [3.8, 4) is 0 Å². The van der Waals surface area contributed by atoms with E-state index in [1.54, 1.807) is 11.8 Å². The van der Waals surface area contributed by atoms with Crippen LogP contribution in [0.1, 0.15) is 0 Å². The van der Waals surface area contributed by atoms with Crippen molar-refractivity contribution in [1.82, 2.24) is 4.98 Å². The summed E-state index contributed by atoms with van der Waals surface area (Å²) >= 11 is 1.74. The van der Waals surface area contributed by atoms with Gasteiger partial charge in [-0.15, -0.1) is 11.8 Å². The topological polar surface area (TPSA) is 37.0 Å². The second-order valence-corrected chi connectivity index (χ2v) is 4.39. The van der Waals surface area contributed by atoms with Crippen molar-refractivity contribution in [2.24, 2.45) is 0 Å². The maximum Gasteiger partial charge on any atom is 0.132 e. The Kier molecular flexibility index (Phi) is 3.88. The van der Waals surface area contributed by atoms with E-state index in [0.717, 1.165) is 17.3 Å². The average Bonchev–Trinajstić information content (AvgIpc) is 2.40. The van der Waals surface area contributed by atoms with Crippen LogP contribution in [0.4, 0.5) is 17.3 Å². The van der Waals surface area contributed by atoms with Crippen molar-refractivity contribution in [2.75, 3.05) is 23.9 Å². The third-order valence-corrected chi connectivity index (χ3v) is 3.11. The summed E-state index contributed by atoms with van der Waals surface area (Å²) in [4.78, 5) is 5.66. The summed E-state index contributed by atoms with van der Waals surface area (Å²) in [5.74, 6) is 1.70. The molecule has 0 spiro atoms. The van der Waals surface area contributed by atoms with Gasteiger partial charge in [-0.25, -0.2) is 4.98 Å². The van der Waals surface area contributed by atoms with E-state index >= 15 is 0 Å². The standard InChI is InChI=1S/C13H15N3S/c1-14-12-4-3-5-13(16-12)15-10-6-8-11(17-2)9-7-10/h3-9H,1-2H3,(H2,14,15,16). The number of nitrogens with one attached hydrogen (secondary N) is 2. The van der Waals surface area contributed by atoms with Crippen LogP contribution in [-0.2, 0) is 0 Å². The summed E-state index contributed by atoms with van der Waals surface area (Å²) in [6, 6.07) is 14.1. The summed E-state index contributed by atoms with van der Waals surface area (Å²) in [6.45, 7) is 0. The second kappa shape index (κ2) is 5.59. The molecule has 88 valence electrons. The minimum atomic E-state index is 0.841. The predicted octanol–water partition coefficient (Wildman–Crippen LogP) is 3.59. The lowest BCUT2D eigenvalue weighted by molar-refractivity contribution is 1.27. The molecule has 0 atom stereocenters. The van der Waals surface area contributed by atoms with Gasteiger partial charge in [0.25, 0.3) is 0 Å². The van der Waals surface area contributed by atoms with Gasteiger partial charge in [-0.1, -0.05) is 6.07 Å². The Balaban J connectivity index is 2.13. The first-order valence-corrected chi connectivity index (χ1v) is 6.60. The first kappa shape index (κ1) is 11.8. The van der Waals surface area contributed by atoms with Crippen LogP contribution in [0.15, 0.2) is 47.4 Å². The smallest absolute Gasteiger partial charge is 0.132 e. The summed E-state index contributed by atoms with van der Waals surface area (Å²) in [7, 11) is 1.86. The number of aromatic nitrogens is 1. The van der Waals surface area contributed by atoms with Gasteiger partial charge in [-0.05, 0) is 42.7 Å². The molecule has 0 aliphatic carbocycles. The average molecular weight is 245 g/mol. The Morgan fingerprint density at radius 1 is 1.00 bits per heavy atom. The van der Waals surface area contributed by atoms with E-state index in [-0.39, 0.29) is 0 Å². The zero-order chi connectivity index (χ0) is 12.1. The number of pyridine rings is 1. The lowest BCUT2D eigenvalue weighted by Gasteiger charge is -2.07. The maximum absolute atomic E-state index is 4.40. The number of nitrogens with zero attached hydrogens (tertiary/aromatic N) is 1. The highest BCUT2D eigenvalue weighted by molar-refractivity contribution is 7.98. The highest BCUT2D eigenvalue weighted by Crippen LogP contribution is 2.20. The Bertz CT molecular complexity index is 482. The fourth-order valence-corrected chi connectivity index (χ4v) is 1.87. The maximum atomic E-state index is 4.40. The number of rotatable bonds is 4. The first-order valence-electron chi connectivity index (χ1n) is 5.37. The number of hydrogen-bond donors (Lipinski definition) is 2. The zero-order valence-corrected chi connectivity index (χ0v) is 10.7. The molecular weight excluding hydrogens is 230 g/mol. The van der Waals surface area contributed by atoms with Crippen molar-refractivity contribution in [2.45, 2.75) is 4.90 Å². The van der Waals surface area contributed by atoms with Crippen LogP contribution in [-0.4, -0.2) is 18.3 Å². The van der Waals surface area contributed by atoms with Gasteiger partial charge in [0.15, 0.2) is 0 Å². The second-order valence-electron chi connectivity index (χ2n) is 3.51. The van der Waals surface area contributed by atoms with Crippen LogP contribution in [0.2, 0.25) is 0 Å². The zero-order valence-electron chi connectivity index (χ0n) is 9.90. The normalized spacial score (nSPS) is 10.0. The summed E-state index contributed by atoms with van der Waals surface area (Å²) in [6.07, 6.45) is 2.07. The van der Waals surface area contributed by atoms with E-state index in [0.29, 0.717) is 0 Å². The van der Waals surface area contributed by atoms with E-state index in [2.05, 4.69) is 46.1 Å². The van der Waals surface area contributed by atoms with Gasteiger partial charge in [-0.3, -0.25) is 0 Å². The Morgan fingerprint density at radius 2 is 1.71 bits per heavy atom. The fraction of sp³-hybridized carbons (Fsp3) is 0.154. The molecule has 1 heterocycles. The molecule has 0 saturated carbocycles. The minimum Gasteiger partial charge on any atom is -0.373 e. The number of benzene rings is 1. The molecule has 2 aromatic rings. The number of anilines is 3. The minimum absolute atomic E-state index is 0.841. The van der Waals surface area contributed by atoms with E-state index < -0.39 is 0 Å². The molecule has 3 nitrogen and oxygen atoms in total. The van der Waals surface area contributed by atoms with Crippen molar-refractivity contribution in [3.05, 3.63) is 42.5 Å². The van der Waals surface area contributed by atoms with Gasteiger partial charge >= 0.3 is 0 Å². The quantitative estimate of drug-likeness (QED) is 0.807. The van der Waals surface area contributed by atoms with Gasteiger partial charge in [0.2, 0.25) is 0 Å². The van der Waals surface area contributed by atoms with Gasteiger partial charge in [0, 0.05) is 17.6 Å². The van der Waals surface area contributed by atoms with Gasteiger partial charge in [-0.2, -0.15) is 0 Å². The molecule has 1 aromatic carbocycles. The molecule has 0 aliphatic heterocycles. The van der Waals surface area contributed by atoms with Gasteiger partial charge < -0.3 is 10.6 Å². The van der Waals surface area contributed by atoms with Gasteiger partial charge in [0.1, 0.15) is 11.6 Å². The summed E-state index contributed by atoms with van der Waals surface area (Å²) in [5.41, 5.74) is 1.04. The molecule has 17 heavy (non-hydrogen) atoms. The molecular formula is C13H15N3S. The molecule has 4 heteroatoms. The van der Waals surface area contributed by atoms with Crippen LogP contribution in [0.3, 0.4) is 0 Å². The van der Waals surface area contributed by atoms with Crippen molar-refractivity contribution in [1.29, 1.82) is 0 Å². The molecule has 0 fully saturated rings. The van der Waals surface area contributed by atoms with E-state index in [1.165, 1.54) is 4.90 Å². The van der Waals surface area contributed by atoms with E-state index in [4.69, 9.17) is 0 Å². The predicted molar refractivity (Wildman–Crippen MR) is 75.3 cm³/mol. The molecule has 0 bridgehead atoms. The Labute approximate surface area is 106 Å². The number of hydrogen-bond acceptors (Lipinski definition) is 4. The van der Waals surface area contributed by atoms with E-state index in [9.17, 15) is 0 Å². The summed E-state index contributed by atoms with van der Waals surface area (Å²) < 4.78 is 0. The largest absolute Gasteiger partial charge is 0.373 e. The van der Waals surface area contributed by atoms with Crippen LogP contribution in [0.25, 0.3) is 0 Å². The third kappa shape index (κ3) is 3.14. The molecule has 2 rings (SSSR count). The summed E-state index contributed by atoms with van der Waals surface area (Å²) in [5, 5.41) is 6.29.